The first-order valence-electron chi connectivity index (χ1n) is 9.56. The van der Waals surface area contributed by atoms with Gasteiger partial charge in [0.1, 0.15) is 0 Å². The largest absolute Gasteiger partial charge is 0.361 e. The number of benzene rings is 2. The number of H-pyrrole nitrogens is 1. The number of rotatable bonds is 6. The topological polar surface area (TPSA) is 20.7 Å². The van der Waals surface area contributed by atoms with Gasteiger partial charge in [-0.2, -0.15) is 0 Å². The van der Waals surface area contributed by atoms with E-state index in [-0.39, 0.29) is 0 Å². The van der Waals surface area contributed by atoms with Gasteiger partial charge in [-0.15, -0.1) is 6.58 Å². The Morgan fingerprint density at radius 1 is 1.00 bits per heavy atom. The fraction of sp³-hybridized carbons (Fsp3) is 0.200. The predicted molar refractivity (Wildman–Crippen MR) is 114 cm³/mol. The van der Waals surface area contributed by atoms with Crippen LogP contribution >= 0.6 is 0 Å². The zero-order valence-electron chi connectivity index (χ0n) is 16.1. The lowest BCUT2D eigenvalue weighted by molar-refractivity contribution is 0.734. The molecule has 2 nitrogen and oxygen atoms in total. The molecule has 2 aromatic carbocycles. The van der Waals surface area contributed by atoms with Crippen molar-refractivity contribution in [2.24, 2.45) is 0 Å². The van der Waals surface area contributed by atoms with Crippen molar-refractivity contribution in [1.82, 2.24) is 9.55 Å². The first kappa shape index (κ1) is 17.4. The lowest BCUT2D eigenvalue weighted by Gasteiger charge is -2.16. The molecule has 2 heteroatoms. The molecule has 0 radical (unpaired) electrons. The van der Waals surface area contributed by atoms with Crippen molar-refractivity contribution >= 4 is 10.9 Å². The van der Waals surface area contributed by atoms with Crippen LogP contribution in [0.4, 0.5) is 0 Å². The Balaban J connectivity index is 1.78. The molecule has 2 heterocycles. The van der Waals surface area contributed by atoms with Crippen LogP contribution in [0.3, 0.4) is 0 Å². The molecule has 4 rings (SSSR count). The van der Waals surface area contributed by atoms with Gasteiger partial charge >= 0.3 is 0 Å². The van der Waals surface area contributed by atoms with Crippen molar-refractivity contribution < 1.29 is 0 Å². The highest BCUT2D eigenvalue weighted by molar-refractivity contribution is 5.84. The van der Waals surface area contributed by atoms with Crippen molar-refractivity contribution in [3.05, 3.63) is 108 Å². The van der Waals surface area contributed by atoms with E-state index < -0.39 is 0 Å². The molecule has 0 aliphatic carbocycles. The Kier molecular flexibility index (Phi) is 4.72. The first-order chi connectivity index (χ1) is 13.2. The summed E-state index contributed by atoms with van der Waals surface area (Å²) in [5.41, 5.74) is 7.92. The van der Waals surface area contributed by atoms with Crippen LogP contribution in [0.2, 0.25) is 0 Å². The van der Waals surface area contributed by atoms with E-state index in [0.717, 1.165) is 13.0 Å². The summed E-state index contributed by atoms with van der Waals surface area (Å²) >= 11 is 0. The van der Waals surface area contributed by atoms with Crippen molar-refractivity contribution in [1.29, 1.82) is 0 Å². The van der Waals surface area contributed by atoms with Crippen molar-refractivity contribution in [3.8, 4) is 0 Å². The van der Waals surface area contributed by atoms with Gasteiger partial charge in [0, 0.05) is 41.0 Å². The summed E-state index contributed by atoms with van der Waals surface area (Å²) < 4.78 is 2.43. The van der Waals surface area contributed by atoms with E-state index in [0.29, 0.717) is 5.92 Å². The van der Waals surface area contributed by atoms with Crippen LogP contribution in [0.25, 0.3) is 10.9 Å². The standard InChI is InChI=1S/C25H26N2/c1-4-10-21(24-16-26-25-14-9-8-13-22(24)25)23-15-18(2)27(19(23)3)17-20-11-6-5-7-12-20/h4-9,11-16,21,26H,1,10,17H2,2-3H3. The third-order valence-electron chi connectivity index (χ3n) is 5.57. The lowest BCUT2D eigenvalue weighted by atomic mass is 9.88. The molecule has 0 spiro atoms. The van der Waals surface area contributed by atoms with Crippen LogP contribution in [0.15, 0.2) is 79.5 Å². The fourth-order valence-corrected chi connectivity index (χ4v) is 4.16. The lowest BCUT2D eigenvalue weighted by Crippen LogP contribution is -2.06. The first-order valence-corrected chi connectivity index (χ1v) is 9.56. The molecule has 2 aromatic heterocycles. The molecular weight excluding hydrogens is 328 g/mol. The van der Waals surface area contributed by atoms with Crippen molar-refractivity contribution in [2.45, 2.75) is 32.7 Å². The van der Waals surface area contributed by atoms with E-state index in [1.165, 1.54) is 39.0 Å². The molecule has 136 valence electrons. The Morgan fingerprint density at radius 3 is 2.52 bits per heavy atom. The van der Waals surface area contributed by atoms with E-state index in [2.05, 4.69) is 96.8 Å². The smallest absolute Gasteiger partial charge is 0.0475 e. The molecule has 0 bridgehead atoms. The highest BCUT2D eigenvalue weighted by Crippen LogP contribution is 2.36. The van der Waals surface area contributed by atoms with Gasteiger partial charge in [-0.05, 0) is 49.1 Å². The number of hydrogen-bond donors (Lipinski definition) is 1. The Bertz CT molecular complexity index is 1070. The highest BCUT2D eigenvalue weighted by atomic mass is 15.0. The van der Waals surface area contributed by atoms with Crippen LogP contribution < -0.4 is 0 Å². The Morgan fingerprint density at radius 2 is 1.74 bits per heavy atom. The van der Waals surface area contributed by atoms with Crippen LogP contribution in [0.1, 0.15) is 40.4 Å². The molecule has 1 N–H and O–H groups in total. The summed E-state index contributed by atoms with van der Waals surface area (Å²) in [4.78, 5) is 3.44. The highest BCUT2D eigenvalue weighted by Gasteiger charge is 2.22. The summed E-state index contributed by atoms with van der Waals surface area (Å²) in [5, 5.41) is 1.30. The summed E-state index contributed by atoms with van der Waals surface area (Å²) in [7, 11) is 0. The number of fused-ring (bicyclic) bond motifs is 1. The maximum absolute atomic E-state index is 4.03. The van der Waals surface area contributed by atoms with Gasteiger partial charge in [-0.3, -0.25) is 0 Å². The molecule has 4 aromatic rings. The number of nitrogens with one attached hydrogen (secondary N) is 1. The molecule has 1 unspecified atom stereocenters. The van der Waals surface area contributed by atoms with Crippen molar-refractivity contribution in [2.75, 3.05) is 0 Å². The number of aromatic nitrogens is 2. The van der Waals surface area contributed by atoms with E-state index in [1.54, 1.807) is 0 Å². The minimum absolute atomic E-state index is 0.314. The van der Waals surface area contributed by atoms with E-state index in [9.17, 15) is 0 Å². The number of allylic oxidation sites excluding steroid dienone is 1. The zero-order chi connectivity index (χ0) is 18.8. The quantitative estimate of drug-likeness (QED) is 0.390. The Labute approximate surface area is 161 Å². The molecule has 0 aliphatic heterocycles. The van der Waals surface area contributed by atoms with E-state index in [1.807, 2.05) is 6.08 Å². The third-order valence-corrected chi connectivity index (χ3v) is 5.57. The summed E-state index contributed by atoms with van der Waals surface area (Å²) in [6, 6.07) is 21.6. The number of nitrogens with zero attached hydrogens (tertiary/aromatic N) is 1. The monoisotopic (exact) mass is 354 g/mol. The van der Waals surface area contributed by atoms with Gasteiger partial charge in [0.15, 0.2) is 0 Å². The SMILES string of the molecule is C=CCC(c1cc(C)n(Cc2ccccc2)c1C)c1c[nH]c2ccccc12. The van der Waals surface area contributed by atoms with E-state index in [4.69, 9.17) is 0 Å². The van der Waals surface area contributed by atoms with Gasteiger partial charge in [-0.25, -0.2) is 0 Å². The average Bonchev–Trinajstić information content (AvgIpc) is 3.23. The van der Waals surface area contributed by atoms with Gasteiger partial charge in [0.25, 0.3) is 0 Å². The zero-order valence-corrected chi connectivity index (χ0v) is 16.1. The second kappa shape index (κ2) is 7.32. The van der Waals surface area contributed by atoms with Crippen molar-refractivity contribution in [3.63, 3.8) is 0 Å². The number of para-hydroxylation sites is 1. The maximum atomic E-state index is 4.03. The molecule has 1 atom stereocenters. The number of aromatic amines is 1. The Hall–Kier alpha value is -3.00. The second-order valence-corrected chi connectivity index (χ2v) is 7.26. The average molecular weight is 354 g/mol. The molecular formula is C25H26N2. The normalized spacial score (nSPS) is 12.4. The van der Waals surface area contributed by atoms with Gasteiger partial charge in [0.2, 0.25) is 0 Å². The van der Waals surface area contributed by atoms with Crippen LogP contribution in [-0.2, 0) is 6.54 Å². The molecule has 27 heavy (non-hydrogen) atoms. The minimum Gasteiger partial charge on any atom is -0.361 e. The number of aryl methyl sites for hydroxylation is 1. The van der Waals surface area contributed by atoms with Gasteiger partial charge in [-0.1, -0.05) is 54.6 Å². The minimum atomic E-state index is 0.314. The molecule has 0 saturated carbocycles. The van der Waals surface area contributed by atoms with Gasteiger partial charge in [0.05, 0.1) is 0 Å². The summed E-state index contributed by atoms with van der Waals surface area (Å²) in [5.74, 6) is 0.314. The molecule has 0 fully saturated rings. The van der Waals surface area contributed by atoms with Crippen LogP contribution in [0, 0.1) is 13.8 Å². The fourth-order valence-electron chi connectivity index (χ4n) is 4.16. The van der Waals surface area contributed by atoms with E-state index >= 15 is 0 Å². The molecule has 0 aliphatic rings. The van der Waals surface area contributed by atoms with Crippen LogP contribution in [-0.4, -0.2) is 9.55 Å². The van der Waals surface area contributed by atoms with Gasteiger partial charge < -0.3 is 9.55 Å². The number of hydrogen-bond acceptors (Lipinski definition) is 0. The summed E-state index contributed by atoms with van der Waals surface area (Å²) in [6.45, 7) is 9.39. The second-order valence-electron chi connectivity index (χ2n) is 7.26. The third kappa shape index (κ3) is 3.23. The molecule has 0 saturated heterocycles. The maximum Gasteiger partial charge on any atom is 0.0475 e. The summed E-state index contributed by atoms with van der Waals surface area (Å²) in [6.07, 6.45) is 5.13. The van der Waals surface area contributed by atoms with Crippen LogP contribution in [0.5, 0.6) is 0 Å². The molecule has 0 amide bonds. The predicted octanol–water partition coefficient (Wildman–Crippen LogP) is 6.34.